The monoisotopic (exact) mass is 338 g/mol. The van der Waals surface area contributed by atoms with Crippen molar-refractivity contribution in [1.82, 2.24) is 14.9 Å². The summed E-state index contributed by atoms with van der Waals surface area (Å²) in [5.41, 5.74) is 2.61. The van der Waals surface area contributed by atoms with Crippen molar-refractivity contribution in [3.63, 3.8) is 0 Å². The highest BCUT2D eigenvalue weighted by Crippen LogP contribution is 2.40. The van der Waals surface area contributed by atoms with E-state index in [0.717, 1.165) is 37.6 Å². The highest BCUT2D eigenvalue weighted by Gasteiger charge is 2.32. The van der Waals surface area contributed by atoms with Gasteiger partial charge in [0.25, 0.3) is 5.91 Å². The van der Waals surface area contributed by atoms with Crippen molar-refractivity contribution >= 4 is 11.7 Å². The standard InChI is InChI=1S/C19H22N4O2/c24-19(16-5-2-12-25-16)23-10-8-22(9-11-23)18-14-3-1-4-15(14)20-17(21-18)13-6-7-13/h2,5,12-13H,1,3-4,6-11H2. The predicted molar refractivity (Wildman–Crippen MR) is 92.9 cm³/mol. The first-order valence-electron chi connectivity index (χ1n) is 9.27. The number of nitrogens with zero attached hydrogens (tertiary/aromatic N) is 4. The number of anilines is 1. The maximum absolute atomic E-state index is 12.4. The van der Waals surface area contributed by atoms with Crippen LogP contribution in [0.1, 0.15) is 52.8 Å². The molecule has 25 heavy (non-hydrogen) atoms. The van der Waals surface area contributed by atoms with E-state index in [1.165, 1.54) is 30.5 Å². The third kappa shape index (κ3) is 2.69. The van der Waals surface area contributed by atoms with Crippen molar-refractivity contribution in [2.45, 2.75) is 38.0 Å². The molecule has 0 aromatic carbocycles. The summed E-state index contributed by atoms with van der Waals surface area (Å²) in [6, 6.07) is 3.49. The zero-order valence-electron chi connectivity index (χ0n) is 14.3. The summed E-state index contributed by atoms with van der Waals surface area (Å²) in [7, 11) is 0. The average molecular weight is 338 g/mol. The number of hydrogen-bond acceptors (Lipinski definition) is 5. The lowest BCUT2D eigenvalue weighted by Gasteiger charge is -2.36. The Morgan fingerprint density at radius 2 is 1.96 bits per heavy atom. The summed E-state index contributed by atoms with van der Waals surface area (Å²) in [5, 5.41) is 0. The summed E-state index contributed by atoms with van der Waals surface area (Å²) >= 11 is 0. The minimum Gasteiger partial charge on any atom is -0.459 e. The first-order valence-corrected chi connectivity index (χ1v) is 9.27. The fraction of sp³-hybridized carbons (Fsp3) is 0.526. The Kier molecular flexibility index (Phi) is 3.50. The van der Waals surface area contributed by atoms with E-state index < -0.39 is 0 Å². The first-order chi connectivity index (χ1) is 12.3. The Hall–Kier alpha value is -2.37. The largest absolute Gasteiger partial charge is 0.459 e. The maximum atomic E-state index is 12.4. The number of rotatable bonds is 3. The second kappa shape index (κ2) is 5.86. The minimum atomic E-state index is -0.0174. The molecule has 0 atom stereocenters. The number of hydrogen-bond donors (Lipinski definition) is 0. The van der Waals surface area contributed by atoms with E-state index in [1.54, 1.807) is 18.4 Å². The summed E-state index contributed by atoms with van der Waals surface area (Å²) in [6.07, 6.45) is 7.35. The number of aryl methyl sites for hydroxylation is 1. The molecule has 2 aromatic rings. The van der Waals surface area contributed by atoms with Crippen molar-refractivity contribution < 1.29 is 9.21 Å². The molecule has 6 heteroatoms. The second-order valence-electron chi connectivity index (χ2n) is 7.22. The van der Waals surface area contributed by atoms with Crippen LogP contribution in [0.3, 0.4) is 0 Å². The molecule has 2 fully saturated rings. The van der Waals surface area contributed by atoms with E-state index in [-0.39, 0.29) is 5.91 Å². The lowest BCUT2D eigenvalue weighted by molar-refractivity contribution is 0.0714. The SMILES string of the molecule is O=C(c1ccco1)N1CCN(c2nc(C3CC3)nc3c2CCC3)CC1. The van der Waals surface area contributed by atoms with Gasteiger partial charge >= 0.3 is 0 Å². The topological polar surface area (TPSA) is 62.5 Å². The molecule has 0 bridgehead atoms. The molecule has 2 aliphatic carbocycles. The smallest absolute Gasteiger partial charge is 0.289 e. The van der Waals surface area contributed by atoms with Gasteiger partial charge in [0.2, 0.25) is 0 Å². The summed E-state index contributed by atoms with van der Waals surface area (Å²) in [5.74, 6) is 3.16. The third-order valence-corrected chi connectivity index (χ3v) is 5.47. The van der Waals surface area contributed by atoms with Crippen LogP contribution in [0.15, 0.2) is 22.8 Å². The van der Waals surface area contributed by atoms with Gasteiger partial charge in [0.05, 0.1) is 6.26 Å². The van der Waals surface area contributed by atoms with Crippen LogP contribution in [-0.2, 0) is 12.8 Å². The van der Waals surface area contributed by atoms with E-state index >= 15 is 0 Å². The van der Waals surface area contributed by atoms with Gasteiger partial charge < -0.3 is 14.2 Å². The molecule has 5 rings (SSSR count). The molecule has 2 aromatic heterocycles. The molecule has 0 N–H and O–H groups in total. The van der Waals surface area contributed by atoms with Gasteiger partial charge in [-0.2, -0.15) is 0 Å². The lowest BCUT2D eigenvalue weighted by atomic mass is 10.2. The van der Waals surface area contributed by atoms with Crippen molar-refractivity contribution in [3.05, 3.63) is 41.2 Å². The Labute approximate surface area is 146 Å². The average Bonchev–Trinajstić information content (AvgIpc) is 3.16. The van der Waals surface area contributed by atoms with Gasteiger partial charge in [-0.1, -0.05) is 0 Å². The highest BCUT2D eigenvalue weighted by atomic mass is 16.3. The number of piperazine rings is 1. The molecule has 3 heterocycles. The Morgan fingerprint density at radius 1 is 1.12 bits per heavy atom. The van der Waals surface area contributed by atoms with Crippen molar-refractivity contribution in [2.75, 3.05) is 31.1 Å². The number of furan rings is 1. The third-order valence-electron chi connectivity index (χ3n) is 5.47. The van der Waals surface area contributed by atoms with Crippen LogP contribution in [0.4, 0.5) is 5.82 Å². The zero-order chi connectivity index (χ0) is 16.8. The van der Waals surface area contributed by atoms with Gasteiger partial charge in [0, 0.05) is 43.4 Å². The zero-order valence-corrected chi connectivity index (χ0v) is 14.3. The maximum Gasteiger partial charge on any atom is 0.289 e. The van der Waals surface area contributed by atoms with E-state index in [9.17, 15) is 4.79 Å². The lowest BCUT2D eigenvalue weighted by Crippen LogP contribution is -2.49. The second-order valence-corrected chi connectivity index (χ2v) is 7.22. The fourth-order valence-electron chi connectivity index (χ4n) is 3.89. The molecule has 3 aliphatic rings. The molecule has 0 unspecified atom stereocenters. The van der Waals surface area contributed by atoms with E-state index in [2.05, 4.69) is 4.90 Å². The van der Waals surface area contributed by atoms with Crippen LogP contribution in [0.25, 0.3) is 0 Å². The molecule has 130 valence electrons. The molecule has 1 amide bonds. The van der Waals surface area contributed by atoms with Crippen LogP contribution in [-0.4, -0.2) is 47.0 Å². The number of amides is 1. The molecule has 6 nitrogen and oxygen atoms in total. The van der Waals surface area contributed by atoms with Crippen LogP contribution >= 0.6 is 0 Å². The molecule has 0 spiro atoms. The van der Waals surface area contributed by atoms with E-state index in [4.69, 9.17) is 14.4 Å². The Bertz CT molecular complexity index is 790. The van der Waals surface area contributed by atoms with E-state index in [0.29, 0.717) is 24.8 Å². The summed E-state index contributed by atoms with van der Waals surface area (Å²) in [4.78, 5) is 26.4. The fourth-order valence-corrected chi connectivity index (χ4v) is 3.89. The number of fused-ring (bicyclic) bond motifs is 1. The van der Waals surface area contributed by atoms with Crippen LogP contribution in [0.2, 0.25) is 0 Å². The summed E-state index contributed by atoms with van der Waals surface area (Å²) in [6.45, 7) is 3.05. The van der Waals surface area contributed by atoms with Crippen molar-refractivity contribution in [1.29, 1.82) is 0 Å². The quantitative estimate of drug-likeness (QED) is 0.860. The predicted octanol–water partition coefficient (Wildman–Crippen LogP) is 2.40. The van der Waals surface area contributed by atoms with Gasteiger partial charge in [-0.25, -0.2) is 9.97 Å². The van der Waals surface area contributed by atoms with Gasteiger partial charge in [-0.3, -0.25) is 4.79 Å². The molecular formula is C19H22N4O2. The normalized spacial score (nSPS) is 20.0. The number of aromatic nitrogens is 2. The van der Waals surface area contributed by atoms with Gasteiger partial charge in [-0.15, -0.1) is 0 Å². The molecule has 1 aliphatic heterocycles. The van der Waals surface area contributed by atoms with Gasteiger partial charge in [0.1, 0.15) is 11.6 Å². The first kappa shape index (κ1) is 14.9. The number of carbonyl (C=O) groups is 1. The van der Waals surface area contributed by atoms with Crippen molar-refractivity contribution in [2.24, 2.45) is 0 Å². The summed E-state index contributed by atoms with van der Waals surface area (Å²) < 4.78 is 5.24. The van der Waals surface area contributed by atoms with Crippen LogP contribution in [0, 0.1) is 0 Å². The molecule has 0 radical (unpaired) electrons. The minimum absolute atomic E-state index is 0.0174. The number of carbonyl (C=O) groups excluding carboxylic acids is 1. The molecule has 1 saturated heterocycles. The molecular weight excluding hydrogens is 316 g/mol. The van der Waals surface area contributed by atoms with Gasteiger partial charge in [0.15, 0.2) is 5.76 Å². The van der Waals surface area contributed by atoms with Crippen molar-refractivity contribution in [3.8, 4) is 0 Å². The Balaban J connectivity index is 1.35. The molecule has 1 saturated carbocycles. The Morgan fingerprint density at radius 3 is 2.68 bits per heavy atom. The highest BCUT2D eigenvalue weighted by molar-refractivity contribution is 5.91. The van der Waals surface area contributed by atoms with Gasteiger partial charge in [-0.05, 0) is 44.2 Å². The van der Waals surface area contributed by atoms with Crippen LogP contribution < -0.4 is 4.90 Å². The van der Waals surface area contributed by atoms with Crippen LogP contribution in [0.5, 0.6) is 0 Å². The van der Waals surface area contributed by atoms with E-state index in [1.807, 2.05) is 4.90 Å².